The number of likely N-dealkylation sites (N-methyl/N-ethyl adjacent to an activating group) is 1. The first-order chi connectivity index (χ1) is 9.40. The van der Waals surface area contributed by atoms with Crippen LogP contribution in [0.15, 0.2) is 24.4 Å². The van der Waals surface area contributed by atoms with Crippen LogP contribution in [0.1, 0.15) is 23.0 Å². The summed E-state index contributed by atoms with van der Waals surface area (Å²) in [5, 5.41) is 11.5. The third-order valence-corrected chi connectivity index (χ3v) is 2.48. The van der Waals surface area contributed by atoms with Crippen LogP contribution in [-0.4, -0.2) is 53.5 Å². The van der Waals surface area contributed by atoms with Gasteiger partial charge in [-0.1, -0.05) is 6.07 Å². The Morgan fingerprint density at radius 1 is 1.50 bits per heavy atom. The zero-order valence-electron chi connectivity index (χ0n) is 11.8. The van der Waals surface area contributed by atoms with Gasteiger partial charge in [-0.15, -0.1) is 0 Å². The molecule has 1 atom stereocenters. The van der Waals surface area contributed by atoms with Crippen molar-refractivity contribution in [3.63, 3.8) is 0 Å². The molecule has 0 bridgehead atoms. The highest BCUT2D eigenvalue weighted by Crippen LogP contribution is 2.08. The molecule has 1 unspecified atom stereocenters. The van der Waals surface area contributed by atoms with Gasteiger partial charge in [0.25, 0.3) is 5.91 Å². The summed E-state index contributed by atoms with van der Waals surface area (Å²) in [7, 11) is 3.84. The minimum absolute atomic E-state index is 0.0317. The fraction of sp³-hybridized carbons (Fsp3) is 0.357. The van der Waals surface area contributed by atoms with Crippen LogP contribution >= 0.6 is 0 Å². The smallest absolute Gasteiger partial charge is 0.328 e. The van der Waals surface area contributed by atoms with Crippen LogP contribution < -0.4 is 5.32 Å². The summed E-state index contributed by atoms with van der Waals surface area (Å²) in [4.78, 5) is 28.7. The van der Waals surface area contributed by atoms with E-state index in [1.807, 2.05) is 25.9 Å². The average Bonchev–Trinajstić information content (AvgIpc) is 2.35. The number of hydrogen-bond acceptors (Lipinski definition) is 4. The van der Waals surface area contributed by atoms with E-state index in [0.29, 0.717) is 12.1 Å². The van der Waals surface area contributed by atoms with Crippen molar-refractivity contribution in [2.75, 3.05) is 20.6 Å². The van der Waals surface area contributed by atoms with Crippen molar-refractivity contribution in [3.05, 3.63) is 35.7 Å². The van der Waals surface area contributed by atoms with Crippen molar-refractivity contribution in [2.45, 2.75) is 13.0 Å². The molecule has 0 saturated heterocycles. The van der Waals surface area contributed by atoms with Crippen LogP contribution in [0.2, 0.25) is 0 Å². The molecule has 0 aliphatic rings. The van der Waals surface area contributed by atoms with E-state index in [2.05, 4.69) is 10.3 Å². The first-order valence-electron chi connectivity index (χ1n) is 6.21. The molecular weight excluding hydrogens is 258 g/mol. The Kier molecular flexibility index (Phi) is 5.86. The van der Waals surface area contributed by atoms with Gasteiger partial charge in [-0.05, 0) is 33.2 Å². The summed E-state index contributed by atoms with van der Waals surface area (Å²) in [5.74, 6) is -1.38. The number of amides is 1. The predicted octanol–water partition coefficient (Wildman–Crippen LogP) is 0.859. The second-order valence-corrected chi connectivity index (χ2v) is 4.75. The van der Waals surface area contributed by atoms with Crippen molar-refractivity contribution < 1.29 is 14.7 Å². The van der Waals surface area contributed by atoms with E-state index in [0.717, 1.165) is 6.08 Å². The molecule has 1 rings (SSSR count). The molecule has 0 spiro atoms. The molecule has 0 aromatic carbocycles. The van der Waals surface area contributed by atoms with Crippen molar-refractivity contribution in [1.29, 1.82) is 0 Å². The molecule has 6 nitrogen and oxygen atoms in total. The number of aromatic nitrogens is 1. The average molecular weight is 277 g/mol. The van der Waals surface area contributed by atoms with Gasteiger partial charge >= 0.3 is 5.97 Å². The molecule has 0 fully saturated rings. The highest BCUT2D eigenvalue weighted by Gasteiger charge is 2.14. The molecule has 1 aromatic heterocycles. The highest BCUT2D eigenvalue weighted by molar-refractivity contribution is 5.97. The first-order valence-corrected chi connectivity index (χ1v) is 6.21. The van der Waals surface area contributed by atoms with Gasteiger partial charge in [0.1, 0.15) is 5.69 Å². The zero-order chi connectivity index (χ0) is 15.1. The Morgan fingerprint density at radius 3 is 2.80 bits per heavy atom. The molecule has 1 amide bonds. The maximum absolute atomic E-state index is 12.1. The van der Waals surface area contributed by atoms with Gasteiger partial charge in [-0.2, -0.15) is 0 Å². The summed E-state index contributed by atoms with van der Waals surface area (Å²) in [6.45, 7) is 2.60. The van der Waals surface area contributed by atoms with E-state index in [1.165, 1.54) is 12.3 Å². The number of nitrogens with zero attached hydrogens (tertiary/aromatic N) is 2. The third kappa shape index (κ3) is 5.19. The molecule has 0 aliphatic carbocycles. The van der Waals surface area contributed by atoms with Crippen molar-refractivity contribution in [1.82, 2.24) is 15.2 Å². The Labute approximate surface area is 118 Å². The number of pyridine rings is 1. The normalized spacial score (nSPS) is 12.6. The lowest BCUT2D eigenvalue weighted by Gasteiger charge is -2.18. The predicted molar refractivity (Wildman–Crippen MR) is 76.4 cm³/mol. The van der Waals surface area contributed by atoms with Crippen LogP contribution in [0.3, 0.4) is 0 Å². The summed E-state index contributed by atoms with van der Waals surface area (Å²) in [6, 6.07) is 3.27. The molecule has 6 heteroatoms. The van der Waals surface area contributed by atoms with Crippen LogP contribution in [0, 0.1) is 0 Å². The van der Waals surface area contributed by atoms with Crippen LogP contribution in [0.4, 0.5) is 0 Å². The van der Waals surface area contributed by atoms with E-state index in [1.54, 1.807) is 12.1 Å². The summed E-state index contributed by atoms with van der Waals surface area (Å²) < 4.78 is 0. The Hall–Kier alpha value is -2.21. The lowest BCUT2D eigenvalue weighted by molar-refractivity contribution is -0.131. The molecule has 20 heavy (non-hydrogen) atoms. The molecule has 0 saturated carbocycles. The summed E-state index contributed by atoms with van der Waals surface area (Å²) >= 11 is 0. The maximum atomic E-state index is 12.1. The van der Waals surface area contributed by atoms with E-state index in [9.17, 15) is 9.59 Å². The second kappa shape index (κ2) is 7.40. The SMILES string of the molecule is CC(CN(C)C)NC(=O)c1ncccc1/C=C/C(=O)O. The third-order valence-electron chi connectivity index (χ3n) is 2.48. The number of aliphatic carboxylic acids is 1. The lowest BCUT2D eigenvalue weighted by atomic mass is 10.1. The van der Waals surface area contributed by atoms with Crippen molar-refractivity contribution in [2.24, 2.45) is 0 Å². The van der Waals surface area contributed by atoms with E-state index in [4.69, 9.17) is 5.11 Å². The quantitative estimate of drug-likeness (QED) is 0.754. The summed E-state index contributed by atoms with van der Waals surface area (Å²) in [5.41, 5.74) is 0.694. The standard InChI is InChI=1S/C14H19N3O3/c1-10(9-17(2)3)16-14(20)13-11(5-4-8-15-13)6-7-12(18)19/h4-8,10H,9H2,1-3H3,(H,16,20)(H,18,19)/b7-6+. The van der Waals surface area contributed by atoms with Gasteiger partial charge in [-0.3, -0.25) is 9.78 Å². The molecule has 2 N–H and O–H groups in total. The van der Waals surface area contributed by atoms with Crippen molar-refractivity contribution >= 4 is 18.0 Å². The number of hydrogen-bond donors (Lipinski definition) is 2. The van der Waals surface area contributed by atoms with E-state index in [-0.39, 0.29) is 17.6 Å². The second-order valence-electron chi connectivity index (χ2n) is 4.75. The Balaban J connectivity index is 2.85. The topological polar surface area (TPSA) is 82.5 Å². The number of carboxylic acid groups (broad SMARTS) is 1. The van der Waals surface area contributed by atoms with E-state index >= 15 is 0 Å². The van der Waals surface area contributed by atoms with Gasteiger partial charge in [0.2, 0.25) is 0 Å². The molecule has 0 radical (unpaired) electrons. The van der Waals surface area contributed by atoms with Crippen molar-refractivity contribution in [3.8, 4) is 0 Å². The van der Waals surface area contributed by atoms with Crippen LogP contribution in [-0.2, 0) is 4.79 Å². The van der Waals surface area contributed by atoms with Crippen LogP contribution in [0.5, 0.6) is 0 Å². The largest absolute Gasteiger partial charge is 0.478 e. The molecule has 1 heterocycles. The Bertz CT molecular complexity index is 512. The number of nitrogens with one attached hydrogen (secondary N) is 1. The zero-order valence-corrected chi connectivity index (χ0v) is 11.8. The number of carbonyl (C=O) groups is 2. The van der Waals surface area contributed by atoms with Gasteiger partial charge < -0.3 is 15.3 Å². The van der Waals surface area contributed by atoms with Gasteiger partial charge in [-0.25, -0.2) is 4.79 Å². The monoisotopic (exact) mass is 277 g/mol. The Morgan fingerprint density at radius 2 is 2.20 bits per heavy atom. The molecular formula is C14H19N3O3. The molecule has 108 valence electrons. The van der Waals surface area contributed by atoms with Crippen LogP contribution in [0.25, 0.3) is 6.08 Å². The van der Waals surface area contributed by atoms with Gasteiger partial charge in [0.15, 0.2) is 0 Å². The number of rotatable bonds is 6. The number of carboxylic acids is 1. The fourth-order valence-electron chi connectivity index (χ4n) is 1.79. The first kappa shape index (κ1) is 15.8. The van der Waals surface area contributed by atoms with Gasteiger partial charge in [0.05, 0.1) is 0 Å². The highest BCUT2D eigenvalue weighted by atomic mass is 16.4. The molecule has 1 aromatic rings. The number of carbonyl (C=O) groups excluding carboxylic acids is 1. The minimum Gasteiger partial charge on any atom is -0.478 e. The van der Waals surface area contributed by atoms with Gasteiger partial charge in [0, 0.05) is 30.4 Å². The fourth-order valence-corrected chi connectivity index (χ4v) is 1.79. The lowest BCUT2D eigenvalue weighted by Crippen LogP contribution is -2.40. The molecule has 0 aliphatic heterocycles. The minimum atomic E-state index is -1.07. The maximum Gasteiger partial charge on any atom is 0.328 e. The van der Waals surface area contributed by atoms with E-state index < -0.39 is 5.97 Å². The summed E-state index contributed by atoms with van der Waals surface area (Å²) in [6.07, 6.45) is 3.85.